The third kappa shape index (κ3) is 2.19. The molecular weight excluding hydrogens is 403 g/mol. The molecule has 1 aromatic heterocycles. The summed E-state index contributed by atoms with van der Waals surface area (Å²) in [6.07, 6.45) is 2.61. The summed E-state index contributed by atoms with van der Waals surface area (Å²) in [6.45, 7) is 0. The number of fused-ring (bicyclic) bond motifs is 1. The van der Waals surface area contributed by atoms with Crippen molar-refractivity contribution in [3.05, 3.63) is 22.8 Å². The van der Waals surface area contributed by atoms with Gasteiger partial charge >= 0.3 is 7.12 Å². The average molecular weight is 412 g/mol. The normalized spacial score (nSPS) is 17.5. The van der Waals surface area contributed by atoms with Gasteiger partial charge in [-0.3, -0.25) is 0 Å². The van der Waals surface area contributed by atoms with Gasteiger partial charge in [0.25, 0.3) is 0 Å². The van der Waals surface area contributed by atoms with Crippen LogP contribution >= 0.6 is 40.0 Å². The van der Waals surface area contributed by atoms with E-state index in [1.165, 1.54) is 6.20 Å². The van der Waals surface area contributed by atoms with Crippen LogP contribution in [0, 0.1) is 0 Å². The lowest BCUT2D eigenvalue weighted by atomic mass is 9.73. The van der Waals surface area contributed by atoms with Crippen molar-refractivity contribution in [1.82, 2.24) is 9.55 Å². The molecule has 0 saturated heterocycles. The van der Waals surface area contributed by atoms with E-state index in [4.69, 9.17) is 11.6 Å². The molecule has 1 heterocycles. The smallest absolute Gasteiger partial charge is 0.423 e. The van der Waals surface area contributed by atoms with E-state index >= 15 is 0 Å². The maximum atomic E-state index is 14.4. The fourth-order valence-corrected chi connectivity index (χ4v) is 4.22. The zero-order chi connectivity index (χ0) is 13.8. The summed E-state index contributed by atoms with van der Waals surface area (Å²) >= 11 is 8.32. The second kappa shape index (κ2) is 4.81. The highest BCUT2D eigenvalue weighted by Crippen LogP contribution is 2.51. The van der Waals surface area contributed by atoms with Crippen molar-refractivity contribution in [2.45, 2.75) is 18.5 Å². The van der Waals surface area contributed by atoms with E-state index in [2.05, 4.69) is 27.1 Å². The predicted octanol–water partition coefficient (Wildman–Crippen LogP) is 2.12. The molecule has 1 unspecified atom stereocenters. The SMILES string of the molecule is OB(O)c1c(C2(F)CC2)c(Cl)cc2c1cnn2PI. The molecule has 100 valence electrons. The van der Waals surface area contributed by atoms with Crippen LogP contribution in [0.5, 0.6) is 0 Å². The van der Waals surface area contributed by atoms with Crippen LogP contribution in [-0.4, -0.2) is 26.7 Å². The number of halogens is 3. The third-order valence-corrected chi connectivity index (χ3v) is 5.53. The lowest BCUT2D eigenvalue weighted by molar-refractivity contribution is 0.318. The van der Waals surface area contributed by atoms with Gasteiger partial charge in [0.2, 0.25) is 0 Å². The fourth-order valence-electron chi connectivity index (χ4n) is 2.31. The van der Waals surface area contributed by atoms with Gasteiger partial charge in [0.1, 0.15) is 5.67 Å². The van der Waals surface area contributed by atoms with Crippen LogP contribution in [0.3, 0.4) is 0 Å². The van der Waals surface area contributed by atoms with Crippen LogP contribution in [0.1, 0.15) is 18.4 Å². The molecule has 19 heavy (non-hydrogen) atoms. The molecule has 0 bridgehead atoms. The van der Waals surface area contributed by atoms with E-state index in [1.807, 2.05) is 0 Å². The quantitative estimate of drug-likeness (QED) is 0.461. The molecule has 1 aromatic carbocycles. The minimum atomic E-state index is -1.76. The third-order valence-electron chi connectivity index (χ3n) is 3.34. The number of alkyl halides is 1. The summed E-state index contributed by atoms with van der Waals surface area (Å²) in [5, 5.41) is 24.1. The lowest BCUT2D eigenvalue weighted by Gasteiger charge is -2.15. The highest BCUT2D eigenvalue weighted by atomic mass is 127. The van der Waals surface area contributed by atoms with Gasteiger partial charge in [-0.1, -0.05) is 11.6 Å². The van der Waals surface area contributed by atoms with Crippen LogP contribution in [-0.2, 0) is 5.67 Å². The molecule has 1 atom stereocenters. The van der Waals surface area contributed by atoms with Gasteiger partial charge in [-0.05, 0) is 40.9 Å². The van der Waals surface area contributed by atoms with Gasteiger partial charge in [0, 0.05) is 21.4 Å². The Hall–Kier alpha value is 0.0549. The Bertz CT molecular complexity index is 665. The first-order valence-corrected chi connectivity index (χ1v) is 10.0. The number of nitrogens with zero attached hydrogens (tertiary/aromatic N) is 2. The first kappa shape index (κ1) is 14.0. The molecule has 0 aliphatic heterocycles. The summed E-state index contributed by atoms with van der Waals surface area (Å²) in [5.74, 6) is 0. The first-order valence-electron chi connectivity index (χ1n) is 5.60. The number of hydrogen-bond donors (Lipinski definition) is 2. The number of rotatable bonds is 3. The van der Waals surface area contributed by atoms with Gasteiger partial charge in [-0.2, -0.15) is 5.10 Å². The Morgan fingerprint density at radius 2 is 2.21 bits per heavy atom. The van der Waals surface area contributed by atoms with Gasteiger partial charge in [0.05, 0.1) is 18.1 Å². The van der Waals surface area contributed by atoms with Crippen molar-refractivity contribution in [2.75, 3.05) is 0 Å². The first-order chi connectivity index (χ1) is 8.98. The number of benzene rings is 1. The zero-order valence-electron chi connectivity index (χ0n) is 9.57. The van der Waals surface area contributed by atoms with Gasteiger partial charge in [-0.15, -0.1) is 0 Å². The average Bonchev–Trinajstić information content (AvgIpc) is 2.97. The molecule has 0 radical (unpaired) electrons. The van der Waals surface area contributed by atoms with Crippen LogP contribution in [0.4, 0.5) is 4.39 Å². The molecule has 1 aliphatic rings. The van der Waals surface area contributed by atoms with Crippen molar-refractivity contribution in [3.63, 3.8) is 0 Å². The molecular formula is C10H9BClFIN2O2P. The van der Waals surface area contributed by atoms with Crippen LogP contribution in [0.15, 0.2) is 12.3 Å². The predicted molar refractivity (Wildman–Crippen MR) is 84.3 cm³/mol. The van der Waals surface area contributed by atoms with E-state index in [9.17, 15) is 14.4 Å². The Labute approximate surface area is 128 Å². The Balaban J connectivity index is 2.37. The monoisotopic (exact) mass is 412 g/mol. The summed E-state index contributed by atoms with van der Waals surface area (Å²) in [6, 6.07) is 1.65. The minimum Gasteiger partial charge on any atom is -0.423 e. The number of aromatic nitrogens is 2. The van der Waals surface area contributed by atoms with Crippen LogP contribution in [0.2, 0.25) is 5.02 Å². The van der Waals surface area contributed by atoms with Crippen molar-refractivity contribution < 1.29 is 14.4 Å². The zero-order valence-corrected chi connectivity index (χ0v) is 13.5. The molecule has 1 aliphatic carbocycles. The van der Waals surface area contributed by atoms with E-state index in [0.717, 1.165) is 0 Å². The highest BCUT2D eigenvalue weighted by molar-refractivity contribution is 14.2. The second-order valence-electron chi connectivity index (χ2n) is 4.56. The van der Waals surface area contributed by atoms with E-state index in [1.54, 1.807) is 10.5 Å². The number of hydrogen-bond acceptors (Lipinski definition) is 3. The lowest BCUT2D eigenvalue weighted by Crippen LogP contribution is -2.36. The van der Waals surface area contributed by atoms with Crippen molar-refractivity contribution >= 4 is 63.5 Å². The molecule has 4 nitrogen and oxygen atoms in total. The Morgan fingerprint density at radius 1 is 1.53 bits per heavy atom. The standard InChI is InChI=1S/C10H9BClFIN2O2P/c12-6-3-7-5(4-15-16(7)19-14)9(11(17)18)8(6)10(13)1-2-10/h3-4,17-19H,1-2H2. The summed E-state index contributed by atoms with van der Waals surface area (Å²) in [4.78, 5) is 0. The fraction of sp³-hybridized carbons (Fsp3) is 0.300. The largest absolute Gasteiger partial charge is 0.489 e. The Kier molecular flexibility index (Phi) is 3.54. The molecule has 2 N–H and O–H groups in total. The maximum Gasteiger partial charge on any atom is 0.489 e. The van der Waals surface area contributed by atoms with Crippen molar-refractivity contribution in [2.24, 2.45) is 0 Å². The molecule has 0 amide bonds. The van der Waals surface area contributed by atoms with E-state index in [-0.39, 0.29) is 16.0 Å². The molecule has 2 aromatic rings. The topological polar surface area (TPSA) is 58.3 Å². The molecule has 0 spiro atoms. The van der Waals surface area contributed by atoms with Gasteiger partial charge < -0.3 is 10.0 Å². The van der Waals surface area contributed by atoms with Crippen molar-refractivity contribution in [1.29, 1.82) is 0 Å². The Morgan fingerprint density at radius 3 is 2.74 bits per heavy atom. The summed E-state index contributed by atoms with van der Waals surface area (Å²) < 4.78 is 16.1. The van der Waals surface area contributed by atoms with Crippen LogP contribution in [0.25, 0.3) is 10.9 Å². The van der Waals surface area contributed by atoms with Gasteiger partial charge in [0.15, 0.2) is 0 Å². The minimum absolute atomic E-state index is 0.142. The molecule has 1 saturated carbocycles. The summed E-state index contributed by atoms with van der Waals surface area (Å²) in [5.41, 5.74) is -0.496. The molecule has 1 fully saturated rings. The van der Waals surface area contributed by atoms with E-state index in [0.29, 0.717) is 30.1 Å². The summed E-state index contributed by atoms with van der Waals surface area (Å²) in [7, 11) is -1.76. The van der Waals surface area contributed by atoms with Gasteiger partial charge in [-0.25, -0.2) is 8.84 Å². The molecule has 3 rings (SSSR count). The second-order valence-corrected chi connectivity index (χ2v) is 7.01. The van der Waals surface area contributed by atoms with Crippen molar-refractivity contribution in [3.8, 4) is 0 Å². The molecule has 9 heteroatoms. The van der Waals surface area contributed by atoms with E-state index < -0.39 is 12.8 Å². The highest BCUT2D eigenvalue weighted by Gasteiger charge is 2.49. The van der Waals surface area contributed by atoms with Crippen LogP contribution < -0.4 is 5.46 Å². The maximum absolute atomic E-state index is 14.4.